The molecule has 8 heteroatoms. The average molecular weight is 344 g/mol. The molecule has 1 aromatic carbocycles. The van der Waals surface area contributed by atoms with E-state index < -0.39 is 0 Å². The summed E-state index contributed by atoms with van der Waals surface area (Å²) in [6, 6.07) is 7.50. The van der Waals surface area contributed by atoms with Crippen LogP contribution in [0.4, 0.5) is 5.95 Å². The Labute approximate surface area is 147 Å². The fourth-order valence-corrected chi connectivity index (χ4v) is 2.06. The average Bonchev–Trinajstić information content (AvgIpc) is 2.98. The van der Waals surface area contributed by atoms with Crippen molar-refractivity contribution in [1.29, 1.82) is 0 Å². The van der Waals surface area contributed by atoms with Crippen LogP contribution >= 0.6 is 0 Å². The van der Waals surface area contributed by atoms with E-state index in [0.717, 1.165) is 5.56 Å². The number of carbonyl (C=O) groups is 1. The van der Waals surface area contributed by atoms with Gasteiger partial charge in [-0.1, -0.05) is 23.3 Å². The van der Waals surface area contributed by atoms with Crippen molar-refractivity contribution in [3.05, 3.63) is 42.5 Å². The van der Waals surface area contributed by atoms with Crippen molar-refractivity contribution in [3.8, 4) is 5.75 Å². The lowest BCUT2D eigenvalue weighted by Gasteiger charge is -2.20. The molecular weight excluding hydrogens is 320 g/mol. The number of carbonyl (C=O) groups excluding carboxylic acids is 1. The third-order valence-electron chi connectivity index (χ3n) is 3.09. The van der Waals surface area contributed by atoms with Crippen LogP contribution in [0.1, 0.15) is 26.3 Å². The highest BCUT2D eigenvalue weighted by Gasteiger charge is 2.13. The standard InChI is InChI=1S/C17H24N6O2/c1-5-10-23-16(20-21-22-23)18-11-13-6-8-14(9-7-13)25-12-15(24)19-17(2,3)4/h5-9H,1,10-12H2,2-4H3,(H,19,24)(H,18,20,22). The summed E-state index contributed by atoms with van der Waals surface area (Å²) >= 11 is 0. The van der Waals surface area contributed by atoms with Crippen LogP contribution in [-0.4, -0.2) is 38.3 Å². The molecular formula is C17H24N6O2. The second kappa shape index (κ2) is 8.27. The van der Waals surface area contributed by atoms with Gasteiger partial charge in [0, 0.05) is 12.1 Å². The first-order valence-corrected chi connectivity index (χ1v) is 8.01. The molecule has 8 nitrogen and oxygen atoms in total. The first-order chi connectivity index (χ1) is 11.9. The van der Waals surface area contributed by atoms with Crippen LogP contribution in [0.25, 0.3) is 0 Å². The summed E-state index contributed by atoms with van der Waals surface area (Å²) in [5.74, 6) is 1.08. The number of nitrogens with one attached hydrogen (secondary N) is 2. The van der Waals surface area contributed by atoms with Crippen molar-refractivity contribution < 1.29 is 9.53 Å². The van der Waals surface area contributed by atoms with Gasteiger partial charge >= 0.3 is 0 Å². The Bertz CT molecular complexity index is 703. The van der Waals surface area contributed by atoms with Crippen LogP contribution in [0.3, 0.4) is 0 Å². The van der Waals surface area contributed by atoms with E-state index in [4.69, 9.17) is 4.74 Å². The normalized spacial score (nSPS) is 11.0. The summed E-state index contributed by atoms with van der Waals surface area (Å²) in [5, 5.41) is 17.4. The number of ether oxygens (including phenoxy) is 1. The molecule has 0 aliphatic rings. The van der Waals surface area contributed by atoms with Crippen molar-refractivity contribution in [1.82, 2.24) is 25.5 Å². The van der Waals surface area contributed by atoms with Crippen LogP contribution in [0, 0.1) is 0 Å². The molecule has 0 radical (unpaired) electrons. The van der Waals surface area contributed by atoms with Crippen LogP contribution < -0.4 is 15.4 Å². The van der Waals surface area contributed by atoms with E-state index in [1.165, 1.54) is 0 Å². The third kappa shape index (κ3) is 6.25. The SMILES string of the molecule is C=CCn1nnnc1NCc1ccc(OCC(=O)NC(C)(C)C)cc1. The second-order valence-corrected chi connectivity index (χ2v) is 6.56. The molecule has 1 heterocycles. The first-order valence-electron chi connectivity index (χ1n) is 8.01. The van der Waals surface area contributed by atoms with Crippen LogP contribution in [0.2, 0.25) is 0 Å². The summed E-state index contributed by atoms with van der Waals surface area (Å²) in [6.45, 7) is 10.6. The number of hydrogen-bond acceptors (Lipinski definition) is 6. The van der Waals surface area contributed by atoms with Gasteiger partial charge in [-0.2, -0.15) is 0 Å². The topological polar surface area (TPSA) is 94.0 Å². The van der Waals surface area contributed by atoms with E-state index in [1.807, 2.05) is 45.0 Å². The molecule has 2 N–H and O–H groups in total. The summed E-state index contributed by atoms with van der Waals surface area (Å²) in [4.78, 5) is 11.7. The van der Waals surface area contributed by atoms with Crippen molar-refractivity contribution >= 4 is 11.9 Å². The van der Waals surface area contributed by atoms with E-state index in [2.05, 4.69) is 32.7 Å². The minimum Gasteiger partial charge on any atom is -0.484 e. The Morgan fingerprint density at radius 1 is 1.32 bits per heavy atom. The molecule has 0 fully saturated rings. The van der Waals surface area contributed by atoms with E-state index >= 15 is 0 Å². The summed E-state index contributed by atoms with van der Waals surface area (Å²) < 4.78 is 7.11. The molecule has 1 amide bonds. The molecule has 0 spiro atoms. The van der Waals surface area contributed by atoms with Crippen molar-refractivity contribution in [3.63, 3.8) is 0 Å². The van der Waals surface area contributed by atoms with Gasteiger partial charge in [0.1, 0.15) is 5.75 Å². The van der Waals surface area contributed by atoms with Crippen LogP contribution in [0.15, 0.2) is 36.9 Å². The lowest BCUT2D eigenvalue weighted by molar-refractivity contribution is -0.124. The maximum Gasteiger partial charge on any atom is 0.258 e. The van der Waals surface area contributed by atoms with E-state index in [0.29, 0.717) is 24.8 Å². The number of anilines is 1. The van der Waals surface area contributed by atoms with Gasteiger partial charge in [0.05, 0.1) is 6.54 Å². The summed E-state index contributed by atoms with van der Waals surface area (Å²) in [6.07, 6.45) is 1.73. The lowest BCUT2D eigenvalue weighted by Crippen LogP contribution is -2.43. The number of amides is 1. The van der Waals surface area contributed by atoms with Gasteiger partial charge < -0.3 is 15.4 Å². The molecule has 0 aliphatic carbocycles. The maximum atomic E-state index is 11.7. The van der Waals surface area contributed by atoms with Gasteiger partial charge in [-0.05, 0) is 48.9 Å². The minimum absolute atomic E-state index is 0.00874. The Morgan fingerprint density at radius 2 is 2.04 bits per heavy atom. The van der Waals surface area contributed by atoms with E-state index in [-0.39, 0.29) is 18.1 Å². The van der Waals surface area contributed by atoms with Crippen molar-refractivity contribution in [2.45, 2.75) is 39.4 Å². The second-order valence-electron chi connectivity index (χ2n) is 6.56. The van der Waals surface area contributed by atoms with Gasteiger partial charge in [-0.15, -0.1) is 6.58 Å². The minimum atomic E-state index is -0.267. The monoisotopic (exact) mass is 344 g/mol. The zero-order valence-corrected chi connectivity index (χ0v) is 14.8. The highest BCUT2D eigenvalue weighted by atomic mass is 16.5. The van der Waals surface area contributed by atoms with Gasteiger partial charge in [0.2, 0.25) is 5.95 Å². The highest BCUT2D eigenvalue weighted by Crippen LogP contribution is 2.13. The molecule has 1 aromatic heterocycles. The predicted molar refractivity (Wildman–Crippen MR) is 95.2 cm³/mol. The molecule has 2 rings (SSSR count). The largest absolute Gasteiger partial charge is 0.484 e. The number of rotatable bonds is 8. The molecule has 0 atom stereocenters. The number of aromatic nitrogens is 4. The Kier molecular flexibility index (Phi) is 6.10. The molecule has 0 saturated heterocycles. The van der Waals surface area contributed by atoms with Crippen LogP contribution in [0.5, 0.6) is 5.75 Å². The quantitative estimate of drug-likeness (QED) is 0.709. The fraction of sp³-hybridized carbons (Fsp3) is 0.412. The highest BCUT2D eigenvalue weighted by molar-refractivity contribution is 5.78. The zero-order valence-electron chi connectivity index (χ0n) is 14.8. The molecule has 0 bridgehead atoms. The molecule has 25 heavy (non-hydrogen) atoms. The predicted octanol–water partition coefficient (Wildman–Crippen LogP) is 1.76. The van der Waals surface area contributed by atoms with Crippen molar-refractivity contribution in [2.75, 3.05) is 11.9 Å². The smallest absolute Gasteiger partial charge is 0.258 e. The molecule has 0 aliphatic heterocycles. The maximum absolute atomic E-state index is 11.7. The molecule has 0 unspecified atom stereocenters. The van der Waals surface area contributed by atoms with E-state index in [1.54, 1.807) is 10.8 Å². The summed E-state index contributed by atoms with van der Waals surface area (Å²) in [5.41, 5.74) is 0.774. The Balaban J connectivity index is 1.82. The van der Waals surface area contributed by atoms with Crippen LogP contribution in [-0.2, 0) is 17.9 Å². The Hall–Kier alpha value is -2.90. The fourth-order valence-electron chi connectivity index (χ4n) is 2.06. The van der Waals surface area contributed by atoms with E-state index in [9.17, 15) is 4.79 Å². The molecule has 2 aromatic rings. The van der Waals surface area contributed by atoms with Crippen molar-refractivity contribution in [2.24, 2.45) is 0 Å². The third-order valence-corrected chi connectivity index (χ3v) is 3.09. The number of tetrazole rings is 1. The van der Waals surface area contributed by atoms with Gasteiger partial charge in [-0.25, -0.2) is 4.68 Å². The first kappa shape index (κ1) is 18.4. The number of nitrogens with zero attached hydrogens (tertiary/aromatic N) is 4. The Morgan fingerprint density at radius 3 is 2.68 bits per heavy atom. The zero-order chi connectivity index (χ0) is 18.3. The lowest BCUT2D eigenvalue weighted by atomic mass is 10.1. The number of allylic oxidation sites excluding steroid dienone is 1. The number of benzene rings is 1. The van der Waals surface area contributed by atoms with Gasteiger partial charge in [0.25, 0.3) is 5.91 Å². The number of hydrogen-bond donors (Lipinski definition) is 2. The van der Waals surface area contributed by atoms with Gasteiger partial charge in [0.15, 0.2) is 6.61 Å². The molecule has 134 valence electrons. The summed E-state index contributed by atoms with van der Waals surface area (Å²) in [7, 11) is 0. The van der Waals surface area contributed by atoms with Gasteiger partial charge in [-0.3, -0.25) is 4.79 Å². The molecule has 0 saturated carbocycles.